The molecule has 5 nitrogen and oxygen atoms in total. The smallest absolute Gasteiger partial charge is 0.308 e. The lowest BCUT2D eigenvalue weighted by Crippen LogP contribution is -2.26. The molecule has 0 bridgehead atoms. The van der Waals surface area contributed by atoms with Crippen molar-refractivity contribution in [2.75, 3.05) is 0 Å². The normalized spacial score (nSPS) is 32.7. The Balaban J connectivity index is 2.81. The summed E-state index contributed by atoms with van der Waals surface area (Å²) >= 11 is 0. The summed E-state index contributed by atoms with van der Waals surface area (Å²) in [5, 5.41) is 9.76. The van der Waals surface area contributed by atoms with Crippen LogP contribution in [0.15, 0.2) is 12.2 Å². The van der Waals surface area contributed by atoms with Gasteiger partial charge in [0.1, 0.15) is 6.10 Å². The van der Waals surface area contributed by atoms with Crippen molar-refractivity contribution >= 4 is 11.9 Å². The van der Waals surface area contributed by atoms with E-state index in [1.165, 1.54) is 6.92 Å². The van der Waals surface area contributed by atoms with Crippen LogP contribution in [0.3, 0.4) is 0 Å². The average molecular weight is 284 g/mol. The number of rotatable bonds is 1. The van der Waals surface area contributed by atoms with Crippen molar-refractivity contribution in [2.24, 2.45) is 11.8 Å². The van der Waals surface area contributed by atoms with Crippen LogP contribution in [-0.2, 0) is 19.1 Å². The largest absolute Gasteiger partial charge is 0.458 e. The molecule has 0 aromatic heterocycles. The molecular formula is C15H24O5. The summed E-state index contributed by atoms with van der Waals surface area (Å²) in [6.45, 7) is 5.15. The minimum atomic E-state index is -1.16. The highest BCUT2D eigenvalue weighted by atomic mass is 16.6. The number of esters is 2. The lowest BCUT2D eigenvalue weighted by molar-refractivity contribution is -0.173. The zero-order chi connectivity index (χ0) is 15.1. The molecule has 0 aromatic rings. The molecule has 5 heteroatoms. The van der Waals surface area contributed by atoms with Gasteiger partial charge >= 0.3 is 11.9 Å². The van der Waals surface area contributed by atoms with Gasteiger partial charge in [-0.25, -0.2) is 0 Å². The molecule has 0 saturated heterocycles. The highest BCUT2D eigenvalue weighted by Gasteiger charge is 2.21. The molecule has 0 radical (unpaired) electrons. The molecule has 0 fully saturated rings. The van der Waals surface area contributed by atoms with Gasteiger partial charge in [-0.15, -0.1) is 0 Å². The Morgan fingerprint density at radius 2 is 2.05 bits per heavy atom. The van der Waals surface area contributed by atoms with Crippen molar-refractivity contribution < 1.29 is 24.2 Å². The van der Waals surface area contributed by atoms with E-state index >= 15 is 0 Å². The van der Waals surface area contributed by atoms with E-state index in [4.69, 9.17) is 9.47 Å². The molecule has 1 heterocycles. The summed E-state index contributed by atoms with van der Waals surface area (Å²) in [7, 11) is 0. The number of carbonyl (C=O) groups excluding carboxylic acids is 2. The molecule has 114 valence electrons. The number of hydrogen-bond acceptors (Lipinski definition) is 5. The van der Waals surface area contributed by atoms with Crippen LogP contribution in [0, 0.1) is 11.8 Å². The Morgan fingerprint density at radius 1 is 1.35 bits per heavy atom. The SMILES string of the molecule is CC(=O)OC1C=CC(C)C(O)OC(=O)CCCCC1C. The Labute approximate surface area is 119 Å². The Hall–Kier alpha value is -1.36. The fraction of sp³-hybridized carbons (Fsp3) is 0.733. The molecule has 1 aliphatic rings. The standard InChI is InChI=1S/C15H24O5/c1-10-6-4-5-7-14(17)20-15(18)11(2)8-9-13(10)19-12(3)16/h8-11,13,15,18H,4-7H2,1-3H3. The van der Waals surface area contributed by atoms with Gasteiger partial charge in [-0.1, -0.05) is 26.3 Å². The maximum Gasteiger partial charge on any atom is 0.308 e. The molecule has 1 aliphatic heterocycles. The fourth-order valence-electron chi connectivity index (χ4n) is 2.12. The molecule has 0 aliphatic carbocycles. The molecule has 0 spiro atoms. The molecule has 1 N–H and O–H groups in total. The molecule has 0 saturated carbocycles. The third kappa shape index (κ3) is 5.74. The first-order valence-corrected chi connectivity index (χ1v) is 7.13. The predicted molar refractivity (Wildman–Crippen MR) is 73.6 cm³/mol. The van der Waals surface area contributed by atoms with E-state index in [-0.39, 0.29) is 29.9 Å². The summed E-state index contributed by atoms with van der Waals surface area (Å²) in [5.41, 5.74) is 0. The van der Waals surface area contributed by atoms with E-state index in [9.17, 15) is 14.7 Å². The lowest BCUT2D eigenvalue weighted by Gasteiger charge is -2.23. The lowest BCUT2D eigenvalue weighted by atomic mass is 9.95. The highest BCUT2D eigenvalue weighted by molar-refractivity contribution is 5.69. The molecule has 20 heavy (non-hydrogen) atoms. The summed E-state index contributed by atoms with van der Waals surface area (Å²) < 4.78 is 10.2. The monoisotopic (exact) mass is 284 g/mol. The number of ether oxygens (including phenoxy) is 2. The van der Waals surface area contributed by atoms with Crippen molar-refractivity contribution in [1.29, 1.82) is 0 Å². The van der Waals surface area contributed by atoms with Crippen LogP contribution in [0.4, 0.5) is 0 Å². The summed E-state index contributed by atoms with van der Waals surface area (Å²) in [6.07, 6.45) is 4.77. The summed E-state index contributed by atoms with van der Waals surface area (Å²) in [4.78, 5) is 22.6. The second kappa shape index (κ2) is 8.04. The number of aliphatic hydroxyl groups is 1. The van der Waals surface area contributed by atoms with E-state index in [1.807, 2.05) is 6.92 Å². The van der Waals surface area contributed by atoms with Crippen molar-refractivity contribution in [1.82, 2.24) is 0 Å². The quantitative estimate of drug-likeness (QED) is 0.590. The third-order valence-corrected chi connectivity index (χ3v) is 3.46. The number of aliphatic hydroxyl groups excluding tert-OH is 1. The highest BCUT2D eigenvalue weighted by Crippen LogP contribution is 2.20. The van der Waals surface area contributed by atoms with Crippen molar-refractivity contribution in [2.45, 2.75) is 58.8 Å². The van der Waals surface area contributed by atoms with Crippen LogP contribution in [0.25, 0.3) is 0 Å². The van der Waals surface area contributed by atoms with Gasteiger partial charge in [0, 0.05) is 19.3 Å². The zero-order valence-electron chi connectivity index (χ0n) is 12.4. The van der Waals surface area contributed by atoms with Crippen LogP contribution in [-0.4, -0.2) is 29.4 Å². The van der Waals surface area contributed by atoms with Crippen LogP contribution in [0.2, 0.25) is 0 Å². The Kier molecular flexibility index (Phi) is 6.71. The molecule has 0 amide bonds. The van der Waals surface area contributed by atoms with Crippen LogP contribution < -0.4 is 0 Å². The van der Waals surface area contributed by atoms with Crippen molar-refractivity contribution in [3.8, 4) is 0 Å². The van der Waals surface area contributed by atoms with E-state index in [2.05, 4.69) is 0 Å². The van der Waals surface area contributed by atoms with Crippen molar-refractivity contribution in [3.63, 3.8) is 0 Å². The van der Waals surface area contributed by atoms with E-state index in [0.717, 1.165) is 12.8 Å². The summed E-state index contributed by atoms with van der Waals surface area (Å²) in [6, 6.07) is 0. The van der Waals surface area contributed by atoms with Gasteiger partial charge in [0.05, 0.1) is 0 Å². The Bertz CT molecular complexity index is 363. The topological polar surface area (TPSA) is 72.8 Å². The molecule has 1 rings (SSSR count). The van der Waals surface area contributed by atoms with Gasteiger partial charge in [0.25, 0.3) is 0 Å². The number of cyclic esters (lactones) is 1. The van der Waals surface area contributed by atoms with Crippen molar-refractivity contribution in [3.05, 3.63) is 12.2 Å². The van der Waals surface area contributed by atoms with Gasteiger partial charge in [-0.3, -0.25) is 9.59 Å². The second-order valence-electron chi connectivity index (χ2n) is 5.42. The van der Waals surface area contributed by atoms with Gasteiger partial charge < -0.3 is 14.6 Å². The second-order valence-corrected chi connectivity index (χ2v) is 5.42. The minimum Gasteiger partial charge on any atom is -0.458 e. The first-order chi connectivity index (χ1) is 9.40. The number of hydrogen-bond donors (Lipinski definition) is 1. The predicted octanol–water partition coefficient (Wildman–Crippen LogP) is 2.18. The van der Waals surface area contributed by atoms with Gasteiger partial charge in [-0.05, 0) is 24.8 Å². The van der Waals surface area contributed by atoms with E-state index in [1.54, 1.807) is 19.1 Å². The first kappa shape index (κ1) is 16.7. The minimum absolute atomic E-state index is 0.176. The number of carbonyl (C=O) groups is 2. The molecular weight excluding hydrogens is 260 g/mol. The third-order valence-electron chi connectivity index (χ3n) is 3.46. The maximum absolute atomic E-state index is 11.5. The van der Waals surface area contributed by atoms with E-state index in [0.29, 0.717) is 12.8 Å². The molecule has 4 unspecified atom stereocenters. The van der Waals surface area contributed by atoms with Gasteiger partial charge in [0.2, 0.25) is 6.29 Å². The van der Waals surface area contributed by atoms with E-state index < -0.39 is 6.29 Å². The average Bonchev–Trinajstić information content (AvgIpc) is 2.37. The molecule has 4 atom stereocenters. The van der Waals surface area contributed by atoms with Crippen LogP contribution >= 0.6 is 0 Å². The van der Waals surface area contributed by atoms with Crippen LogP contribution in [0.5, 0.6) is 0 Å². The van der Waals surface area contributed by atoms with Crippen LogP contribution in [0.1, 0.15) is 46.5 Å². The zero-order valence-corrected chi connectivity index (χ0v) is 12.4. The maximum atomic E-state index is 11.5. The first-order valence-electron chi connectivity index (χ1n) is 7.13. The fourth-order valence-corrected chi connectivity index (χ4v) is 2.12. The molecule has 0 aromatic carbocycles. The summed E-state index contributed by atoms with van der Waals surface area (Å²) in [5.74, 6) is -0.862. The Morgan fingerprint density at radius 3 is 2.70 bits per heavy atom. The van der Waals surface area contributed by atoms with Gasteiger partial charge in [0.15, 0.2) is 0 Å². The van der Waals surface area contributed by atoms with Gasteiger partial charge in [-0.2, -0.15) is 0 Å².